The number of thioether (sulfide) groups is 1. The number of nitrogens with two attached hydrogens (primary N) is 1. The van der Waals surface area contributed by atoms with Gasteiger partial charge in [-0.1, -0.05) is 80.6 Å². The average molecular weight is 1100 g/mol. The predicted octanol–water partition coefficient (Wildman–Crippen LogP) is 5.03. The molecule has 12 atom stereocenters. The highest BCUT2D eigenvalue weighted by Gasteiger charge is 2.78. The normalized spacial score (nSPS) is 28.1. The Balaban J connectivity index is 1.26. The Morgan fingerprint density at radius 1 is 0.885 bits per heavy atom. The summed E-state index contributed by atoms with van der Waals surface area (Å²) in [6.45, 7) is 9.17. The third-order valence-corrected chi connectivity index (χ3v) is 17.1. The van der Waals surface area contributed by atoms with Crippen LogP contribution in [0.4, 0.5) is 0 Å². The Labute approximate surface area is 454 Å². The van der Waals surface area contributed by atoms with Gasteiger partial charge in [0.05, 0.1) is 40.9 Å². The lowest BCUT2D eigenvalue weighted by Gasteiger charge is -2.67. The zero-order valence-electron chi connectivity index (χ0n) is 44.2. The number of amides is 1. The maximum absolute atomic E-state index is 15.8. The summed E-state index contributed by atoms with van der Waals surface area (Å²) in [7, 11) is 0. The van der Waals surface area contributed by atoms with E-state index in [2.05, 4.69) is 5.32 Å². The van der Waals surface area contributed by atoms with E-state index in [-0.39, 0.29) is 65.2 Å². The molecule has 78 heavy (non-hydrogen) atoms. The first-order valence-corrected chi connectivity index (χ1v) is 26.5. The van der Waals surface area contributed by atoms with Crippen LogP contribution in [0.15, 0.2) is 113 Å². The van der Waals surface area contributed by atoms with Crippen LogP contribution < -0.4 is 11.1 Å². The number of benzene rings is 3. The van der Waals surface area contributed by atoms with Gasteiger partial charge in [-0.25, -0.2) is 9.59 Å². The number of nitrogens with zero attached hydrogens (tertiary/aromatic N) is 1. The molecule has 3 aromatic carbocycles. The number of aromatic hydroxyl groups is 2. The molecule has 1 aliphatic heterocycles. The second-order valence-corrected chi connectivity index (χ2v) is 22.3. The molecular formula is C57H65N3O17S. The van der Waals surface area contributed by atoms with E-state index in [1.54, 1.807) is 73.7 Å². The van der Waals surface area contributed by atoms with Gasteiger partial charge in [0.2, 0.25) is 12.0 Å². The van der Waals surface area contributed by atoms with Crippen LogP contribution in [0.1, 0.15) is 100 Å². The van der Waals surface area contributed by atoms with Gasteiger partial charge in [0.25, 0.3) is 5.91 Å². The van der Waals surface area contributed by atoms with Crippen LogP contribution in [-0.2, 0) is 58.9 Å². The molecule has 1 saturated heterocycles. The van der Waals surface area contributed by atoms with E-state index in [0.29, 0.717) is 10.6 Å². The summed E-state index contributed by atoms with van der Waals surface area (Å²) in [5, 5.41) is 50.9. The number of carbonyl (C=O) groups excluding carboxylic acids is 7. The first-order valence-electron chi connectivity index (χ1n) is 25.6. The molecule has 3 fully saturated rings. The lowest BCUT2D eigenvalue weighted by Crippen LogP contribution is -2.82. The lowest BCUT2D eigenvalue weighted by molar-refractivity contribution is -0.346. The summed E-state index contributed by atoms with van der Waals surface area (Å²) in [6, 6.07) is 23.4. The van der Waals surface area contributed by atoms with Gasteiger partial charge in [-0.3, -0.25) is 28.5 Å². The molecule has 21 heteroatoms. The van der Waals surface area contributed by atoms with E-state index in [1.807, 2.05) is 0 Å². The maximum atomic E-state index is 15.8. The minimum absolute atomic E-state index is 0.0220. The Hall–Kier alpha value is -7.04. The highest BCUT2D eigenvalue weighted by molar-refractivity contribution is 7.99. The summed E-state index contributed by atoms with van der Waals surface area (Å²) < 4.78 is 38.0. The quantitative estimate of drug-likeness (QED) is 0.0350. The van der Waals surface area contributed by atoms with E-state index in [0.717, 1.165) is 18.4 Å². The standard InChI is InChI=1S/C57H65N3O17S/c1-30(58)28-78-38-25-41(64)60(51(38)68)24-23-42(65)75-46(44(34-17-11-8-12-18-34)59-50(67)35-19-13-9-14-20-35)53(70)74-37-27-57(71)49(76-52(69)36-21-15-10-16-22-36)47-55(7,39(63)26-40-56(47,29-72-40)77-33(4)62)48(66)45(73-32(3)61)43(31(37)2)54(57,5)6/h8-22,25,30,37,39-40,44-47,49,63-64,68,71H,23-24,26-29,58H2,1-7H3,(H,59,67)/t30-,37+,39+,40-,44+,45-,46-,47?,49+,55-,56+,57-/m1/s1. The van der Waals surface area contributed by atoms with Gasteiger partial charge >= 0.3 is 29.8 Å². The van der Waals surface area contributed by atoms with Crippen molar-refractivity contribution >= 4 is 53.3 Å². The van der Waals surface area contributed by atoms with Crippen molar-refractivity contribution in [3.05, 3.63) is 125 Å². The van der Waals surface area contributed by atoms with Crippen LogP contribution in [0.25, 0.3) is 0 Å². The van der Waals surface area contributed by atoms with E-state index in [4.69, 9.17) is 34.2 Å². The first kappa shape index (κ1) is 57.1. The minimum Gasteiger partial charge on any atom is -0.494 e. The maximum Gasteiger partial charge on any atom is 0.350 e. The van der Waals surface area contributed by atoms with Gasteiger partial charge in [0, 0.05) is 62.1 Å². The van der Waals surface area contributed by atoms with Crippen molar-refractivity contribution in [1.29, 1.82) is 0 Å². The van der Waals surface area contributed by atoms with Gasteiger partial charge in [0.1, 0.15) is 30.0 Å². The molecule has 4 aromatic rings. The van der Waals surface area contributed by atoms with Crippen LogP contribution in [0.2, 0.25) is 0 Å². The Morgan fingerprint density at radius 2 is 1.50 bits per heavy atom. The molecular weight excluding hydrogens is 1030 g/mol. The second-order valence-electron chi connectivity index (χ2n) is 21.2. The topological polar surface area (TPSA) is 299 Å². The third kappa shape index (κ3) is 10.5. The van der Waals surface area contributed by atoms with Crippen LogP contribution in [-0.4, -0.2) is 133 Å². The fourth-order valence-electron chi connectivity index (χ4n) is 11.7. The largest absolute Gasteiger partial charge is 0.494 e. The van der Waals surface area contributed by atoms with Gasteiger partial charge in [0.15, 0.2) is 23.4 Å². The van der Waals surface area contributed by atoms with Gasteiger partial charge in [-0.2, -0.15) is 0 Å². The summed E-state index contributed by atoms with van der Waals surface area (Å²) in [6.07, 6.45) is -11.7. The van der Waals surface area contributed by atoms with Crippen molar-refractivity contribution in [2.24, 2.45) is 22.5 Å². The molecule has 1 aromatic heterocycles. The van der Waals surface area contributed by atoms with Crippen molar-refractivity contribution in [2.45, 2.75) is 139 Å². The number of aliphatic hydroxyl groups is 2. The van der Waals surface area contributed by atoms with Gasteiger partial charge in [-0.15, -0.1) is 11.8 Å². The third-order valence-electron chi connectivity index (χ3n) is 15.8. The summed E-state index contributed by atoms with van der Waals surface area (Å²) in [4.78, 5) is 101. The van der Waals surface area contributed by atoms with Crippen LogP contribution in [0.5, 0.6) is 11.8 Å². The van der Waals surface area contributed by atoms with E-state index < -0.39 is 125 Å². The number of rotatable bonds is 17. The molecule has 20 nitrogen and oxygen atoms in total. The molecule has 1 unspecified atom stereocenters. The number of hydrogen-bond donors (Lipinski definition) is 6. The fourth-order valence-corrected chi connectivity index (χ4v) is 12.6. The van der Waals surface area contributed by atoms with Crippen molar-refractivity contribution in [3.8, 4) is 11.8 Å². The van der Waals surface area contributed by atoms with Crippen LogP contribution in [0.3, 0.4) is 0 Å². The highest BCUT2D eigenvalue weighted by Crippen LogP contribution is 2.64. The highest BCUT2D eigenvalue weighted by atomic mass is 32.2. The minimum atomic E-state index is -2.51. The lowest BCUT2D eigenvalue weighted by atomic mass is 9.44. The molecule has 2 bridgehead atoms. The van der Waals surface area contributed by atoms with Crippen LogP contribution in [0, 0.1) is 16.7 Å². The molecule has 1 amide bonds. The Bertz CT molecular complexity index is 2980. The SMILES string of the molecule is CC(=O)O[C@H]1C(=O)[C@@]2(C)C([C@H](OC(=O)c3ccccc3)[C@]3(O)C[C@H](OC(=O)[C@H](OC(=O)CCn4c(O)cc(SC[C@@H](C)N)c4O)[C@@H](NC(=O)c4ccccc4)c4ccccc4)C(C)=C1C3(C)C)[C@]1(OC(C)=O)CO[C@@H]1C[C@@H]2O. The monoisotopic (exact) mass is 1100 g/mol. The number of carbonyl (C=O) groups is 7. The molecule has 2 heterocycles. The van der Waals surface area contributed by atoms with Crippen molar-refractivity contribution in [2.75, 3.05) is 12.4 Å². The predicted molar refractivity (Wildman–Crippen MR) is 278 cm³/mol. The van der Waals surface area contributed by atoms with E-state index in [9.17, 15) is 44.4 Å². The molecule has 0 radical (unpaired) electrons. The number of aromatic nitrogens is 1. The first-order chi connectivity index (χ1) is 36.8. The zero-order valence-corrected chi connectivity index (χ0v) is 45.0. The summed E-state index contributed by atoms with van der Waals surface area (Å²) in [5.41, 5.74) is -1.89. The summed E-state index contributed by atoms with van der Waals surface area (Å²) in [5.74, 6) is -8.66. The molecule has 0 spiro atoms. The number of aliphatic hydroxyl groups excluding tert-OH is 1. The molecule has 7 N–H and O–H groups in total. The fraction of sp³-hybridized carbons (Fsp3) is 0.456. The molecule has 3 aliphatic carbocycles. The molecule has 416 valence electrons. The number of nitrogens with one attached hydrogen (secondary N) is 1. The summed E-state index contributed by atoms with van der Waals surface area (Å²) >= 11 is 1.18. The number of ketones is 1. The Morgan fingerprint density at radius 3 is 2.08 bits per heavy atom. The number of hydrogen-bond acceptors (Lipinski definition) is 19. The molecule has 2 saturated carbocycles. The van der Waals surface area contributed by atoms with Crippen LogP contribution >= 0.6 is 11.8 Å². The van der Waals surface area contributed by atoms with E-state index in [1.165, 1.54) is 69.8 Å². The average Bonchev–Trinajstić information content (AvgIpc) is 2.24. The second kappa shape index (κ2) is 22.4. The van der Waals surface area contributed by atoms with Crippen molar-refractivity contribution in [3.63, 3.8) is 0 Å². The number of ether oxygens (including phenoxy) is 6. The zero-order chi connectivity index (χ0) is 56.6. The number of esters is 5. The van der Waals surface area contributed by atoms with Crippen molar-refractivity contribution in [1.82, 2.24) is 9.88 Å². The molecule has 4 aliphatic rings. The number of fused-ring (bicyclic) bond motifs is 5. The smallest absolute Gasteiger partial charge is 0.350 e. The van der Waals surface area contributed by atoms with Crippen molar-refractivity contribution < 1.29 is 82.4 Å². The van der Waals surface area contributed by atoms with Gasteiger partial charge in [-0.05, 0) is 61.7 Å². The van der Waals surface area contributed by atoms with Gasteiger partial charge < -0.3 is 59.9 Å². The number of Topliss-reactive ketones (excluding diaryl/α,β-unsaturated/α-hetero) is 1. The molecule has 8 rings (SSSR count). The van der Waals surface area contributed by atoms with E-state index >= 15 is 9.59 Å². The Kier molecular flexibility index (Phi) is 16.4.